The second-order valence-electron chi connectivity index (χ2n) is 4.72. The first kappa shape index (κ1) is 17.8. The van der Waals surface area contributed by atoms with Crippen molar-refractivity contribution in [2.24, 2.45) is 0 Å². The summed E-state index contributed by atoms with van der Waals surface area (Å²) in [5, 5.41) is 5.15. The number of amides is 1. The second kappa shape index (κ2) is 8.29. The van der Waals surface area contributed by atoms with Gasteiger partial charge in [0, 0.05) is 18.3 Å². The van der Waals surface area contributed by atoms with Gasteiger partial charge in [0.1, 0.15) is 0 Å². The lowest BCUT2D eigenvalue weighted by Gasteiger charge is -2.14. The monoisotopic (exact) mass is 320 g/mol. The molecule has 7 heteroatoms. The van der Waals surface area contributed by atoms with E-state index in [1.165, 1.54) is 12.1 Å². The van der Waals surface area contributed by atoms with E-state index in [1.807, 2.05) is 11.6 Å². The number of halogens is 3. The lowest BCUT2D eigenvalue weighted by Crippen LogP contribution is -2.30. The highest BCUT2D eigenvalue weighted by atomic mass is 32.2. The second-order valence-corrected chi connectivity index (χ2v) is 5.70. The van der Waals surface area contributed by atoms with Crippen molar-refractivity contribution < 1.29 is 18.0 Å². The van der Waals surface area contributed by atoms with Crippen molar-refractivity contribution in [3.63, 3.8) is 0 Å². The highest BCUT2D eigenvalue weighted by Gasteiger charge is 2.38. The Morgan fingerprint density at radius 2 is 2.10 bits per heavy atom. The fourth-order valence-electron chi connectivity index (χ4n) is 1.65. The Labute approximate surface area is 126 Å². The molecule has 0 fully saturated rings. The van der Waals surface area contributed by atoms with Gasteiger partial charge in [-0.15, -0.1) is 0 Å². The number of carbonyl (C=O) groups excluding carboxylic acids is 1. The first-order chi connectivity index (χ1) is 9.82. The van der Waals surface area contributed by atoms with E-state index in [2.05, 4.69) is 12.2 Å². The summed E-state index contributed by atoms with van der Waals surface area (Å²) >= 11 is 1.77. The van der Waals surface area contributed by atoms with Gasteiger partial charge in [0.15, 0.2) is 0 Å². The Hall–Kier alpha value is -1.21. The summed E-state index contributed by atoms with van der Waals surface area (Å²) < 4.78 is 36.5. The molecule has 0 bridgehead atoms. The number of rotatable bonds is 7. The third-order valence-corrected chi connectivity index (χ3v) is 3.50. The van der Waals surface area contributed by atoms with Crippen LogP contribution in [0.25, 0.3) is 0 Å². The van der Waals surface area contributed by atoms with E-state index in [-0.39, 0.29) is 5.69 Å². The van der Waals surface area contributed by atoms with Crippen LogP contribution in [0.3, 0.4) is 0 Å². The van der Waals surface area contributed by atoms with Crippen LogP contribution in [-0.4, -0.2) is 30.1 Å². The minimum Gasteiger partial charge on any atom is -0.318 e. The Morgan fingerprint density at radius 3 is 2.71 bits per heavy atom. The minimum absolute atomic E-state index is 0.147. The van der Waals surface area contributed by atoms with E-state index in [4.69, 9.17) is 0 Å². The van der Waals surface area contributed by atoms with Gasteiger partial charge in [0.05, 0.1) is 0 Å². The number of nitrogens with one attached hydrogen (secondary N) is 2. The van der Waals surface area contributed by atoms with E-state index < -0.39 is 12.1 Å². The number of benzene rings is 1. The molecule has 1 aromatic carbocycles. The molecule has 2 N–H and O–H groups in total. The molecule has 0 aromatic heterocycles. The van der Waals surface area contributed by atoms with E-state index in [0.717, 1.165) is 17.7 Å². The number of carbonyl (C=O) groups is 1. The molecule has 0 aliphatic carbocycles. The quantitative estimate of drug-likeness (QED) is 0.809. The van der Waals surface area contributed by atoms with Crippen molar-refractivity contribution in [2.45, 2.75) is 32.1 Å². The molecule has 1 aromatic rings. The van der Waals surface area contributed by atoms with Gasteiger partial charge >= 0.3 is 12.1 Å². The minimum atomic E-state index is -4.87. The van der Waals surface area contributed by atoms with Gasteiger partial charge in [-0.25, -0.2) is 0 Å². The standard InChI is InChI=1S/C14H19F3N2OS/c1-10(6-7-21-2)18-9-11-4-3-5-12(8-11)19-13(20)14(15,16)17/h3-5,8,10,18H,6-7,9H2,1-2H3,(H,19,20). The van der Waals surface area contributed by atoms with Crippen LogP contribution in [0.4, 0.5) is 18.9 Å². The average molecular weight is 320 g/mol. The van der Waals surface area contributed by atoms with Crippen molar-refractivity contribution in [2.75, 3.05) is 17.3 Å². The van der Waals surface area contributed by atoms with Crippen LogP contribution < -0.4 is 10.6 Å². The molecule has 1 rings (SSSR count). The summed E-state index contributed by atoms with van der Waals surface area (Å²) in [6, 6.07) is 6.72. The van der Waals surface area contributed by atoms with Gasteiger partial charge in [0.25, 0.3) is 0 Å². The lowest BCUT2D eigenvalue weighted by atomic mass is 10.1. The maximum Gasteiger partial charge on any atom is 0.471 e. The highest BCUT2D eigenvalue weighted by molar-refractivity contribution is 7.98. The fraction of sp³-hybridized carbons (Fsp3) is 0.500. The van der Waals surface area contributed by atoms with Gasteiger partial charge < -0.3 is 10.6 Å². The van der Waals surface area contributed by atoms with Crippen LogP contribution in [0, 0.1) is 0 Å². The fourth-order valence-corrected chi connectivity index (χ4v) is 2.24. The molecule has 0 saturated heterocycles. The molecule has 0 saturated carbocycles. The normalized spacial score (nSPS) is 13.0. The first-order valence-corrected chi connectivity index (χ1v) is 7.91. The topological polar surface area (TPSA) is 41.1 Å². The smallest absolute Gasteiger partial charge is 0.318 e. The van der Waals surface area contributed by atoms with Gasteiger partial charge in [-0.1, -0.05) is 12.1 Å². The molecule has 118 valence electrons. The molecule has 1 amide bonds. The molecule has 0 radical (unpaired) electrons. The summed E-state index contributed by atoms with van der Waals surface area (Å²) in [5.41, 5.74) is 0.972. The Kier molecular flexibility index (Phi) is 7.04. The molecule has 0 spiro atoms. The van der Waals surface area contributed by atoms with Crippen LogP contribution in [0.5, 0.6) is 0 Å². The van der Waals surface area contributed by atoms with E-state index >= 15 is 0 Å². The summed E-state index contributed by atoms with van der Waals surface area (Å²) in [6.07, 6.45) is -1.81. The van der Waals surface area contributed by atoms with E-state index in [0.29, 0.717) is 12.6 Å². The largest absolute Gasteiger partial charge is 0.471 e. The zero-order valence-electron chi connectivity index (χ0n) is 12.0. The van der Waals surface area contributed by atoms with Gasteiger partial charge in [-0.2, -0.15) is 24.9 Å². The molecule has 1 unspecified atom stereocenters. The molecule has 0 heterocycles. The van der Waals surface area contributed by atoms with Crippen molar-refractivity contribution in [3.05, 3.63) is 29.8 Å². The van der Waals surface area contributed by atoms with E-state index in [1.54, 1.807) is 23.9 Å². The van der Waals surface area contributed by atoms with Gasteiger partial charge in [-0.05, 0) is 43.0 Å². The predicted molar refractivity (Wildman–Crippen MR) is 80.4 cm³/mol. The maximum atomic E-state index is 12.2. The van der Waals surface area contributed by atoms with Crippen molar-refractivity contribution in [1.29, 1.82) is 0 Å². The van der Waals surface area contributed by atoms with E-state index in [9.17, 15) is 18.0 Å². The summed E-state index contributed by atoms with van der Waals surface area (Å²) in [6.45, 7) is 2.61. The van der Waals surface area contributed by atoms with Crippen LogP contribution in [-0.2, 0) is 11.3 Å². The van der Waals surface area contributed by atoms with Gasteiger partial charge in [0.2, 0.25) is 0 Å². The summed E-state index contributed by atoms with van der Waals surface area (Å²) in [7, 11) is 0. The molecule has 1 atom stereocenters. The lowest BCUT2D eigenvalue weighted by molar-refractivity contribution is -0.167. The molecular formula is C14H19F3N2OS. The zero-order valence-corrected chi connectivity index (χ0v) is 12.8. The average Bonchev–Trinajstić information content (AvgIpc) is 2.42. The molecule has 3 nitrogen and oxygen atoms in total. The molecular weight excluding hydrogens is 301 g/mol. The zero-order chi connectivity index (χ0) is 15.9. The number of hydrogen-bond acceptors (Lipinski definition) is 3. The van der Waals surface area contributed by atoms with Crippen LogP contribution in [0.2, 0.25) is 0 Å². The predicted octanol–water partition coefficient (Wildman–Crippen LogP) is 3.42. The number of anilines is 1. The summed E-state index contributed by atoms with van der Waals surface area (Å²) in [5.74, 6) is -0.906. The van der Waals surface area contributed by atoms with Gasteiger partial charge in [-0.3, -0.25) is 4.79 Å². The third-order valence-electron chi connectivity index (χ3n) is 2.85. The van der Waals surface area contributed by atoms with Crippen molar-refractivity contribution in [3.8, 4) is 0 Å². The molecule has 21 heavy (non-hydrogen) atoms. The first-order valence-electron chi connectivity index (χ1n) is 6.52. The van der Waals surface area contributed by atoms with Crippen LogP contribution in [0.1, 0.15) is 18.9 Å². The SMILES string of the molecule is CSCCC(C)NCc1cccc(NC(=O)C(F)(F)F)c1. The third kappa shape index (κ3) is 6.86. The Balaban J connectivity index is 2.54. The Morgan fingerprint density at radius 1 is 1.38 bits per heavy atom. The van der Waals surface area contributed by atoms with Crippen LogP contribution in [0.15, 0.2) is 24.3 Å². The van der Waals surface area contributed by atoms with Crippen molar-refractivity contribution >= 4 is 23.4 Å². The summed E-state index contributed by atoms with van der Waals surface area (Å²) in [4.78, 5) is 10.9. The number of thioether (sulfide) groups is 1. The number of hydrogen-bond donors (Lipinski definition) is 2. The van der Waals surface area contributed by atoms with Crippen LogP contribution >= 0.6 is 11.8 Å². The molecule has 0 aliphatic rings. The highest BCUT2D eigenvalue weighted by Crippen LogP contribution is 2.19. The van der Waals surface area contributed by atoms with Crippen molar-refractivity contribution in [1.82, 2.24) is 5.32 Å². The number of alkyl halides is 3. The maximum absolute atomic E-state index is 12.2. The molecule has 0 aliphatic heterocycles. The Bertz CT molecular complexity index is 466.